The van der Waals surface area contributed by atoms with Crippen LogP contribution in [0.3, 0.4) is 0 Å². The number of carbonyl (C=O) groups excluding carboxylic acids is 4. The van der Waals surface area contributed by atoms with Gasteiger partial charge < -0.3 is 26.0 Å². The van der Waals surface area contributed by atoms with E-state index in [1.807, 2.05) is 63.2 Å². The Hall–Kier alpha value is -3.88. The summed E-state index contributed by atoms with van der Waals surface area (Å²) in [6, 6.07) is 11.0. The maximum Gasteiger partial charge on any atom is 0.408 e. The Labute approximate surface area is 250 Å². The number of rotatable bonds is 14. The van der Waals surface area contributed by atoms with Crippen molar-refractivity contribution in [2.75, 3.05) is 11.9 Å². The highest BCUT2D eigenvalue weighted by Crippen LogP contribution is 2.30. The average Bonchev–Trinajstić information content (AvgIpc) is 2.90. The number of hydrogen-bond donors (Lipinski definition) is 3. The number of amides is 4. The fourth-order valence-corrected chi connectivity index (χ4v) is 4.70. The SMILES string of the molecule is CCCCCCN(C(=O)C(CCC(N)=O)NC(=O)OC(C)(C)C)C(C(=O)Nc1ccccc1C)c1cccc(C)c1C. The molecule has 0 aromatic heterocycles. The van der Waals surface area contributed by atoms with Crippen LogP contribution >= 0.6 is 0 Å². The number of nitrogens with two attached hydrogens (primary N) is 1. The van der Waals surface area contributed by atoms with Gasteiger partial charge in [0.25, 0.3) is 5.91 Å². The number of nitrogens with zero attached hydrogens (tertiary/aromatic N) is 1. The molecule has 9 heteroatoms. The van der Waals surface area contributed by atoms with Crippen molar-refractivity contribution in [3.8, 4) is 0 Å². The molecule has 0 radical (unpaired) electrons. The lowest BCUT2D eigenvalue weighted by atomic mass is 9.94. The number of benzene rings is 2. The van der Waals surface area contributed by atoms with Crippen molar-refractivity contribution in [1.29, 1.82) is 0 Å². The molecule has 0 saturated carbocycles. The molecule has 0 heterocycles. The number of ether oxygens (including phenoxy) is 1. The highest BCUT2D eigenvalue weighted by Gasteiger charge is 2.37. The minimum absolute atomic E-state index is 0.0300. The van der Waals surface area contributed by atoms with Crippen LogP contribution in [0.15, 0.2) is 42.5 Å². The fraction of sp³-hybridized carbons (Fsp3) is 0.515. The lowest BCUT2D eigenvalue weighted by molar-refractivity contribution is -0.141. The quantitative estimate of drug-likeness (QED) is 0.241. The van der Waals surface area contributed by atoms with E-state index in [1.165, 1.54) is 4.90 Å². The number of hydrogen-bond acceptors (Lipinski definition) is 5. The normalized spacial score (nSPS) is 12.6. The van der Waals surface area contributed by atoms with Gasteiger partial charge >= 0.3 is 6.09 Å². The Bertz CT molecular complexity index is 1240. The molecule has 2 unspecified atom stereocenters. The summed E-state index contributed by atoms with van der Waals surface area (Å²) in [5.74, 6) is -1.45. The zero-order valence-electron chi connectivity index (χ0n) is 26.2. The Balaban J connectivity index is 2.62. The minimum Gasteiger partial charge on any atom is -0.444 e. The number of aryl methyl sites for hydroxylation is 2. The third-order valence-electron chi connectivity index (χ3n) is 7.11. The van der Waals surface area contributed by atoms with Gasteiger partial charge in [0, 0.05) is 18.7 Å². The number of para-hydroxylation sites is 1. The molecule has 0 bridgehead atoms. The van der Waals surface area contributed by atoms with Gasteiger partial charge in [0.1, 0.15) is 17.7 Å². The summed E-state index contributed by atoms with van der Waals surface area (Å²) in [4.78, 5) is 54.6. The largest absolute Gasteiger partial charge is 0.444 e. The summed E-state index contributed by atoms with van der Waals surface area (Å²) in [5.41, 5.74) is 8.73. The lowest BCUT2D eigenvalue weighted by Gasteiger charge is -2.35. The van der Waals surface area contributed by atoms with Crippen molar-refractivity contribution in [2.45, 2.75) is 105 Å². The number of anilines is 1. The first kappa shape index (κ1) is 34.3. The van der Waals surface area contributed by atoms with Gasteiger partial charge in [-0.05, 0) is 82.7 Å². The predicted octanol–water partition coefficient (Wildman–Crippen LogP) is 5.86. The second-order valence-corrected chi connectivity index (χ2v) is 11.8. The van der Waals surface area contributed by atoms with Crippen LogP contribution in [0.25, 0.3) is 0 Å². The Morgan fingerprint density at radius 2 is 1.60 bits per heavy atom. The second-order valence-electron chi connectivity index (χ2n) is 11.8. The fourth-order valence-electron chi connectivity index (χ4n) is 4.70. The molecular formula is C33H48N4O5. The van der Waals surface area contributed by atoms with Crippen LogP contribution in [0.2, 0.25) is 0 Å². The van der Waals surface area contributed by atoms with E-state index in [0.29, 0.717) is 17.7 Å². The van der Waals surface area contributed by atoms with Gasteiger partial charge in [-0.3, -0.25) is 14.4 Å². The number of unbranched alkanes of at least 4 members (excludes halogenated alkanes) is 3. The van der Waals surface area contributed by atoms with E-state index in [2.05, 4.69) is 17.6 Å². The van der Waals surface area contributed by atoms with Crippen molar-refractivity contribution in [3.63, 3.8) is 0 Å². The molecule has 0 saturated heterocycles. The molecule has 0 aliphatic rings. The third-order valence-corrected chi connectivity index (χ3v) is 7.11. The average molecular weight is 581 g/mol. The molecule has 9 nitrogen and oxygen atoms in total. The molecule has 2 atom stereocenters. The number of nitrogens with one attached hydrogen (secondary N) is 2. The summed E-state index contributed by atoms with van der Waals surface area (Å²) >= 11 is 0. The Morgan fingerprint density at radius 1 is 0.929 bits per heavy atom. The van der Waals surface area contributed by atoms with E-state index < -0.39 is 35.6 Å². The van der Waals surface area contributed by atoms with Crippen molar-refractivity contribution in [3.05, 3.63) is 64.7 Å². The van der Waals surface area contributed by atoms with E-state index in [-0.39, 0.29) is 25.3 Å². The van der Waals surface area contributed by atoms with E-state index in [9.17, 15) is 19.2 Å². The molecule has 0 aliphatic heterocycles. The van der Waals surface area contributed by atoms with Gasteiger partial charge in [0.05, 0.1) is 0 Å². The maximum atomic E-state index is 14.4. The molecule has 230 valence electrons. The first-order valence-corrected chi connectivity index (χ1v) is 14.8. The van der Waals surface area contributed by atoms with Crippen molar-refractivity contribution >= 4 is 29.5 Å². The standard InChI is InChI=1S/C33H48N4O5/c1-8-9-10-13-21-37(31(40)27(19-20-28(34)38)36-32(41)42-33(5,6)7)29(25-17-14-16-22(2)24(25)4)30(39)35-26-18-12-11-15-23(26)3/h11-12,14-18,27,29H,8-10,13,19-21H2,1-7H3,(H2,34,38)(H,35,39)(H,36,41). The topological polar surface area (TPSA) is 131 Å². The van der Waals surface area contributed by atoms with E-state index in [4.69, 9.17) is 10.5 Å². The summed E-state index contributed by atoms with van der Waals surface area (Å²) < 4.78 is 5.42. The highest BCUT2D eigenvalue weighted by atomic mass is 16.6. The van der Waals surface area contributed by atoms with Crippen molar-refractivity contribution in [1.82, 2.24) is 10.2 Å². The molecule has 4 amide bonds. The Morgan fingerprint density at radius 3 is 2.21 bits per heavy atom. The molecule has 0 fully saturated rings. The molecular weight excluding hydrogens is 532 g/mol. The Kier molecular flexibility index (Phi) is 13.0. The lowest BCUT2D eigenvalue weighted by Crippen LogP contribution is -2.53. The monoisotopic (exact) mass is 580 g/mol. The van der Waals surface area contributed by atoms with Crippen LogP contribution in [0.4, 0.5) is 10.5 Å². The van der Waals surface area contributed by atoms with Gasteiger partial charge in [-0.2, -0.15) is 0 Å². The first-order chi connectivity index (χ1) is 19.7. The number of alkyl carbamates (subject to hydrolysis) is 1. The minimum atomic E-state index is -1.13. The second kappa shape index (κ2) is 15.9. The van der Waals surface area contributed by atoms with Crippen LogP contribution < -0.4 is 16.4 Å². The van der Waals surface area contributed by atoms with Crippen LogP contribution in [-0.2, 0) is 19.1 Å². The third kappa shape index (κ3) is 10.5. The van der Waals surface area contributed by atoms with E-state index in [0.717, 1.165) is 36.0 Å². The van der Waals surface area contributed by atoms with Crippen LogP contribution in [0.5, 0.6) is 0 Å². The zero-order valence-corrected chi connectivity index (χ0v) is 26.2. The van der Waals surface area contributed by atoms with Crippen molar-refractivity contribution < 1.29 is 23.9 Å². The van der Waals surface area contributed by atoms with Gasteiger partial charge in [0.15, 0.2) is 0 Å². The summed E-state index contributed by atoms with van der Waals surface area (Å²) in [6.07, 6.45) is 2.56. The number of primary amides is 1. The molecule has 2 aromatic carbocycles. The summed E-state index contributed by atoms with van der Waals surface area (Å²) in [6.45, 7) is 13.3. The first-order valence-electron chi connectivity index (χ1n) is 14.8. The molecule has 0 spiro atoms. The predicted molar refractivity (Wildman–Crippen MR) is 166 cm³/mol. The maximum absolute atomic E-state index is 14.4. The smallest absolute Gasteiger partial charge is 0.408 e. The van der Waals surface area contributed by atoms with Gasteiger partial charge in [0.2, 0.25) is 11.8 Å². The van der Waals surface area contributed by atoms with Crippen LogP contribution in [0, 0.1) is 20.8 Å². The molecule has 0 aliphatic carbocycles. The summed E-state index contributed by atoms with van der Waals surface area (Å²) in [5, 5.41) is 5.68. The van der Waals surface area contributed by atoms with E-state index >= 15 is 0 Å². The van der Waals surface area contributed by atoms with Gasteiger partial charge in [-0.15, -0.1) is 0 Å². The summed E-state index contributed by atoms with van der Waals surface area (Å²) in [7, 11) is 0. The van der Waals surface area contributed by atoms with Gasteiger partial charge in [-0.25, -0.2) is 4.79 Å². The van der Waals surface area contributed by atoms with Crippen LogP contribution in [-0.4, -0.2) is 46.9 Å². The zero-order chi connectivity index (χ0) is 31.4. The van der Waals surface area contributed by atoms with Gasteiger partial charge in [-0.1, -0.05) is 62.6 Å². The molecule has 42 heavy (non-hydrogen) atoms. The molecule has 4 N–H and O–H groups in total. The molecule has 2 aromatic rings. The molecule has 2 rings (SSSR count). The van der Waals surface area contributed by atoms with Crippen molar-refractivity contribution in [2.24, 2.45) is 5.73 Å². The number of carbonyl (C=O) groups is 4. The van der Waals surface area contributed by atoms with Crippen LogP contribution in [0.1, 0.15) is 94.5 Å². The van der Waals surface area contributed by atoms with E-state index in [1.54, 1.807) is 20.8 Å². The highest BCUT2D eigenvalue weighted by molar-refractivity contribution is 5.99.